The fourth-order valence-electron chi connectivity index (χ4n) is 2.84. The molecule has 1 aromatic rings. The molecule has 1 aliphatic carbocycles. The predicted molar refractivity (Wildman–Crippen MR) is 81.6 cm³/mol. The Balaban J connectivity index is 1.99. The van der Waals surface area contributed by atoms with Crippen molar-refractivity contribution in [2.24, 2.45) is 5.92 Å². The quantitative estimate of drug-likeness (QED) is 0.623. The van der Waals surface area contributed by atoms with Crippen molar-refractivity contribution >= 4 is 17.3 Å². The molecular weight excluding hydrogens is 270 g/mol. The fourth-order valence-corrected chi connectivity index (χ4v) is 2.84. The zero-order valence-corrected chi connectivity index (χ0v) is 12.2. The first-order valence-electron chi connectivity index (χ1n) is 7.36. The molecular formula is C15H21N3O3. The molecule has 1 saturated carbocycles. The highest BCUT2D eigenvalue weighted by molar-refractivity contribution is 6.00. The first-order valence-corrected chi connectivity index (χ1v) is 7.36. The summed E-state index contributed by atoms with van der Waals surface area (Å²) < 4.78 is 0. The maximum atomic E-state index is 12.2. The summed E-state index contributed by atoms with van der Waals surface area (Å²) in [5.41, 5.74) is 0.840. The summed E-state index contributed by atoms with van der Waals surface area (Å²) in [5.74, 6) is 0.445. The van der Waals surface area contributed by atoms with Crippen molar-refractivity contribution in [3.63, 3.8) is 0 Å². The minimum Gasteiger partial charge on any atom is -0.387 e. The molecule has 0 spiro atoms. The third kappa shape index (κ3) is 3.93. The van der Waals surface area contributed by atoms with Crippen molar-refractivity contribution in [3.8, 4) is 0 Å². The summed E-state index contributed by atoms with van der Waals surface area (Å²) in [6.45, 7) is 0.620. The number of nitro benzene ring substituents is 1. The number of rotatable bonds is 6. The molecule has 2 N–H and O–H groups in total. The minimum absolute atomic E-state index is 0.0741. The lowest BCUT2D eigenvalue weighted by Gasteiger charge is -2.12. The topological polar surface area (TPSA) is 84.3 Å². The lowest BCUT2D eigenvalue weighted by molar-refractivity contribution is -0.384. The van der Waals surface area contributed by atoms with E-state index in [1.807, 2.05) is 0 Å². The van der Waals surface area contributed by atoms with Crippen LogP contribution >= 0.6 is 0 Å². The number of amides is 1. The van der Waals surface area contributed by atoms with Crippen molar-refractivity contribution in [2.45, 2.75) is 32.1 Å². The summed E-state index contributed by atoms with van der Waals surface area (Å²) in [7, 11) is 1.69. The summed E-state index contributed by atoms with van der Waals surface area (Å²) in [4.78, 5) is 22.5. The largest absolute Gasteiger partial charge is 0.387 e. The molecule has 114 valence electrons. The van der Waals surface area contributed by atoms with E-state index in [9.17, 15) is 14.9 Å². The molecule has 0 radical (unpaired) electrons. The normalized spacial score (nSPS) is 14.9. The van der Waals surface area contributed by atoms with Crippen LogP contribution in [0.15, 0.2) is 18.2 Å². The van der Waals surface area contributed by atoms with Gasteiger partial charge in [-0.1, -0.05) is 25.7 Å². The van der Waals surface area contributed by atoms with Gasteiger partial charge in [0.1, 0.15) is 0 Å². The van der Waals surface area contributed by atoms with E-state index in [1.54, 1.807) is 13.1 Å². The Kier molecular flexibility index (Phi) is 5.14. The van der Waals surface area contributed by atoms with Gasteiger partial charge in [0.2, 0.25) is 0 Å². The van der Waals surface area contributed by atoms with Gasteiger partial charge in [-0.3, -0.25) is 14.9 Å². The maximum absolute atomic E-state index is 12.2. The Morgan fingerprint density at radius 1 is 1.38 bits per heavy atom. The van der Waals surface area contributed by atoms with E-state index >= 15 is 0 Å². The van der Waals surface area contributed by atoms with Crippen LogP contribution in [0.5, 0.6) is 0 Å². The number of hydrogen-bond donors (Lipinski definition) is 2. The van der Waals surface area contributed by atoms with Crippen LogP contribution in [0.3, 0.4) is 0 Å². The standard InChI is InChI=1S/C15H21N3O3/c1-16-14-7-6-12(18(20)21)10-13(14)15(19)17-9-8-11-4-2-3-5-11/h6-7,10-11,16H,2-5,8-9H2,1H3,(H,17,19). The summed E-state index contributed by atoms with van der Waals surface area (Å²) in [6.07, 6.45) is 6.04. The van der Waals surface area contributed by atoms with Crippen molar-refractivity contribution in [2.75, 3.05) is 18.9 Å². The van der Waals surface area contributed by atoms with Crippen molar-refractivity contribution in [1.29, 1.82) is 0 Å². The van der Waals surface area contributed by atoms with Gasteiger partial charge in [0.25, 0.3) is 11.6 Å². The smallest absolute Gasteiger partial charge is 0.270 e. The van der Waals surface area contributed by atoms with Crippen LogP contribution in [0.25, 0.3) is 0 Å². The van der Waals surface area contributed by atoms with Gasteiger partial charge in [0, 0.05) is 31.4 Å². The van der Waals surface area contributed by atoms with Gasteiger partial charge >= 0.3 is 0 Å². The number of non-ortho nitro benzene ring substituents is 1. The molecule has 1 aliphatic rings. The van der Waals surface area contributed by atoms with Gasteiger partial charge in [-0.05, 0) is 18.4 Å². The highest BCUT2D eigenvalue weighted by Crippen LogP contribution is 2.27. The van der Waals surface area contributed by atoms with Gasteiger partial charge in [-0.2, -0.15) is 0 Å². The van der Waals surface area contributed by atoms with E-state index in [0.29, 0.717) is 23.7 Å². The summed E-state index contributed by atoms with van der Waals surface area (Å²) >= 11 is 0. The number of carbonyl (C=O) groups is 1. The fraction of sp³-hybridized carbons (Fsp3) is 0.533. The van der Waals surface area contributed by atoms with Crippen molar-refractivity contribution in [1.82, 2.24) is 5.32 Å². The minimum atomic E-state index is -0.491. The lowest BCUT2D eigenvalue weighted by atomic mass is 10.0. The van der Waals surface area contributed by atoms with E-state index in [4.69, 9.17) is 0 Å². The SMILES string of the molecule is CNc1ccc([N+](=O)[O-])cc1C(=O)NCCC1CCCC1. The van der Waals surface area contributed by atoms with Crippen LogP contribution in [0.1, 0.15) is 42.5 Å². The van der Waals surface area contributed by atoms with Crippen LogP contribution in [0.4, 0.5) is 11.4 Å². The second-order valence-electron chi connectivity index (χ2n) is 5.43. The van der Waals surface area contributed by atoms with Crippen molar-refractivity contribution < 1.29 is 9.72 Å². The molecule has 2 rings (SSSR count). The van der Waals surface area contributed by atoms with Crippen LogP contribution in [0.2, 0.25) is 0 Å². The van der Waals surface area contributed by atoms with E-state index in [2.05, 4.69) is 10.6 Å². The second-order valence-corrected chi connectivity index (χ2v) is 5.43. The molecule has 0 atom stereocenters. The number of carbonyl (C=O) groups excluding carboxylic acids is 1. The third-order valence-corrected chi connectivity index (χ3v) is 4.04. The molecule has 0 aromatic heterocycles. The van der Waals surface area contributed by atoms with Gasteiger partial charge in [0.15, 0.2) is 0 Å². The molecule has 6 heteroatoms. The molecule has 1 amide bonds. The Morgan fingerprint density at radius 2 is 2.10 bits per heavy atom. The molecule has 21 heavy (non-hydrogen) atoms. The average molecular weight is 291 g/mol. The Morgan fingerprint density at radius 3 is 2.71 bits per heavy atom. The van der Waals surface area contributed by atoms with E-state index in [1.165, 1.54) is 37.8 Å². The molecule has 1 aromatic carbocycles. The Hall–Kier alpha value is -2.11. The van der Waals surface area contributed by atoms with Gasteiger partial charge in [-0.15, -0.1) is 0 Å². The Bertz CT molecular complexity index is 525. The van der Waals surface area contributed by atoms with Gasteiger partial charge in [-0.25, -0.2) is 0 Å². The maximum Gasteiger partial charge on any atom is 0.270 e. The molecule has 6 nitrogen and oxygen atoms in total. The molecule has 0 heterocycles. The first-order chi connectivity index (χ1) is 10.1. The number of nitrogens with one attached hydrogen (secondary N) is 2. The molecule has 0 saturated heterocycles. The van der Waals surface area contributed by atoms with Crippen LogP contribution in [-0.4, -0.2) is 24.4 Å². The van der Waals surface area contributed by atoms with Crippen LogP contribution in [0, 0.1) is 16.0 Å². The first kappa shape index (κ1) is 15.3. The summed E-state index contributed by atoms with van der Waals surface area (Å²) in [5, 5.41) is 16.6. The van der Waals surface area contributed by atoms with E-state index < -0.39 is 4.92 Å². The van der Waals surface area contributed by atoms with E-state index in [-0.39, 0.29) is 11.6 Å². The monoisotopic (exact) mass is 291 g/mol. The van der Waals surface area contributed by atoms with Crippen LogP contribution < -0.4 is 10.6 Å². The Labute approximate surface area is 124 Å². The van der Waals surface area contributed by atoms with Gasteiger partial charge < -0.3 is 10.6 Å². The van der Waals surface area contributed by atoms with Gasteiger partial charge in [0.05, 0.1) is 10.5 Å². The molecule has 0 unspecified atom stereocenters. The zero-order valence-electron chi connectivity index (χ0n) is 12.2. The van der Waals surface area contributed by atoms with Crippen molar-refractivity contribution in [3.05, 3.63) is 33.9 Å². The lowest BCUT2D eigenvalue weighted by Crippen LogP contribution is -2.26. The van der Waals surface area contributed by atoms with E-state index in [0.717, 1.165) is 6.42 Å². The molecule has 0 bridgehead atoms. The van der Waals surface area contributed by atoms with Crippen LogP contribution in [-0.2, 0) is 0 Å². The number of nitro groups is 1. The molecule has 0 aliphatic heterocycles. The highest BCUT2D eigenvalue weighted by Gasteiger charge is 2.18. The third-order valence-electron chi connectivity index (χ3n) is 4.04. The second kappa shape index (κ2) is 7.06. The number of benzene rings is 1. The number of nitrogens with zero attached hydrogens (tertiary/aromatic N) is 1. The average Bonchev–Trinajstić information content (AvgIpc) is 2.99. The highest BCUT2D eigenvalue weighted by atomic mass is 16.6. The predicted octanol–water partition coefficient (Wildman–Crippen LogP) is 2.95. The molecule has 1 fully saturated rings. The number of anilines is 1. The number of hydrogen-bond acceptors (Lipinski definition) is 4. The zero-order chi connectivity index (χ0) is 15.2. The summed E-state index contributed by atoms with van der Waals surface area (Å²) in [6, 6.07) is 4.27.